The average molecular weight is 251 g/mol. The van der Waals surface area contributed by atoms with Gasteiger partial charge in [0.1, 0.15) is 18.0 Å². The Hall–Kier alpha value is -1.36. The van der Waals surface area contributed by atoms with Gasteiger partial charge in [-0.2, -0.15) is 0 Å². The van der Waals surface area contributed by atoms with E-state index < -0.39 is 0 Å². The van der Waals surface area contributed by atoms with Gasteiger partial charge in [-0.05, 0) is 40.9 Å². The Bertz CT molecular complexity index is 340. The molecule has 5 nitrogen and oxygen atoms in total. The van der Waals surface area contributed by atoms with Crippen LogP contribution in [0.3, 0.4) is 0 Å². The van der Waals surface area contributed by atoms with E-state index in [0.29, 0.717) is 0 Å². The lowest BCUT2D eigenvalue weighted by Crippen LogP contribution is -2.27. The fourth-order valence-electron chi connectivity index (χ4n) is 1.81. The third kappa shape index (κ3) is 4.87. The first kappa shape index (κ1) is 14.7. The summed E-state index contributed by atoms with van der Waals surface area (Å²) in [6.45, 7) is 8.19. The number of rotatable bonds is 8. The average Bonchev–Trinajstić information content (AvgIpc) is 2.35. The predicted molar refractivity (Wildman–Crippen MR) is 77.3 cm³/mol. The summed E-state index contributed by atoms with van der Waals surface area (Å²) in [6.07, 6.45) is 2.77. The van der Waals surface area contributed by atoms with Gasteiger partial charge in [-0.25, -0.2) is 9.97 Å². The van der Waals surface area contributed by atoms with Crippen LogP contribution in [0.2, 0.25) is 0 Å². The minimum Gasteiger partial charge on any atom is -0.370 e. The number of hydrogen-bond donors (Lipinski definition) is 1. The van der Waals surface area contributed by atoms with Crippen LogP contribution in [-0.2, 0) is 0 Å². The molecule has 1 rings (SSSR count). The molecule has 0 aliphatic carbocycles. The lowest BCUT2D eigenvalue weighted by atomic mass is 10.3. The zero-order valence-electron chi connectivity index (χ0n) is 12.0. The van der Waals surface area contributed by atoms with E-state index >= 15 is 0 Å². The highest BCUT2D eigenvalue weighted by Gasteiger charge is 2.06. The van der Waals surface area contributed by atoms with E-state index in [9.17, 15) is 0 Å². The topological polar surface area (TPSA) is 44.3 Å². The minimum atomic E-state index is 0.878. The Morgan fingerprint density at radius 2 is 1.94 bits per heavy atom. The normalized spacial score (nSPS) is 10.7. The summed E-state index contributed by atoms with van der Waals surface area (Å²) in [5.74, 6) is 1.90. The molecule has 0 spiro atoms. The summed E-state index contributed by atoms with van der Waals surface area (Å²) in [5.41, 5.74) is 0. The standard InChI is InChI=1S/C13H25N5/c1-5-14-12-10-13(16-11-15-12)18(6-2)9-7-8-17(3)4/h10-11H,5-9H2,1-4H3,(H,14,15,16). The lowest BCUT2D eigenvalue weighted by molar-refractivity contribution is 0.400. The molecule has 0 aliphatic rings. The molecule has 0 amide bonds. The molecule has 5 heteroatoms. The molecule has 1 heterocycles. The van der Waals surface area contributed by atoms with Crippen molar-refractivity contribution in [3.8, 4) is 0 Å². The first-order valence-corrected chi connectivity index (χ1v) is 6.63. The summed E-state index contributed by atoms with van der Waals surface area (Å²) in [6, 6.07) is 2.02. The number of nitrogens with one attached hydrogen (secondary N) is 1. The summed E-state index contributed by atoms with van der Waals surface area (Å²) < 4.78 is 0. The van der Waals surface area contributed by atoms with Crippen molar-refractivity contribution < 1.29 is 0 Å². The quantitative estimate of drug-likeness (QED) is 0.761. The van der Waals surface area contributed by atoms with Gasteiger partial charge >= 0.3 is 0 Å². The molecule has 0 bridgehead atoms. The van der Waals surface area contributed by atoms with Crippen LogP contribution in [0.4, 0.5) is 11.6 Å². The maximum Gasteiger partial charge on any atom is 0.134 e. The number of hydrogen-bond acceptors (Lipinski definition) is 5. The van der Waals surface area contributed by atoms with Gasteiger partial charge in [-0.1, -0.05) is 0 Å². The van der Waals surface area contributed by atoms with Crippen molar-refractivity contribution in [1.29, 1.82) is 0 Å². The highest BCUT2D eigenvalue weighted by atomic mass is 15.2. The molecule has 0 unspecified atom stereocenters. The third-order valence-corrected chi connectivity index (χ3v) is 2.75. The highest BCUT2D eigenvalue weighted by Crippen LogP contribution is 2.14. The van der Waals surface area contributed by atoms with Crippen LogP contribution >= 0.6 is 0 Å². The predicted octanol–water partition coefficient (Wildman–Crippen LogP) is 1.69. The van der Waals surface area contributed by atoms with Gasteiger partial charge in [-0.3, -0.25) is 0 Å². The maximum absolute atomic E-state index is 4.35. The van der Waals surface area contributed by atoms with Crippen LogP contribution in [0.25, 0.3) is 0 Å². The van der Waals surface area contributed by atoms with Gasteiger partial charge in [0.2, 0.25) is 0 Å². The van der Waals surface area contributed by atoms with Crippen molar-refractivity contribution in [3.05, 3.63) is 12.4 Å². The summed E-state index contributed by atoms with van der Waals surface area (Å²) >= 11 is 0. The summed E-state index contributed by atoms with van der Waals surface area (Å²) in [5, 5.41) is 3.22. The van der Waals surface area contributed by atoms with Gasteiger partial charge in [0.15, 0.2) is 0 Å². The maximum atomic E-state index is 4.35. The molecule has 0 saturated heterocycles. The Kier molecular flexibility index (Phi) is 6.43. The van der Waals surface area contributed by atoms with E-state index in [1.807, 2.05) is 6.07 Å². The van der Waals surface area contributed by atoms with E-state index in [1.165, 1.54) is 0 Å². The first-order valence-electron chi connectivity index (χ1n) is 6.63. The Labute approximate surface area is 110 Å². The molecule has 0 fully saturated rings. The van der Waals surface area contributed by atoms with Gasteiger partial charge in [0, 0.05) is 25.7 Å². The van der Waals surface area contributed by atoms with Crippen LogP contribution in [-0.4, -0.2) is 55.1 Å². The Balaban J connectivity index is 2.60. The molecular weight excluding hydrogens is 226 g/mol. The highest BCUT2D eigenvalue weighted by molar-refractivity contribution is 5.48. The Morgan fingerprint density at radius 1 is 1.17 bits per heavy atom. The van der Waals surface area contributed by atoms with E-state index in [0.717, 1.165) is 44.2 Å². The third-order valence-electron chi connectivity index (χ3n) is 2.75. The molecule has 1 aromatic rings. The van der Waals surface area contributed by atoms with Gasteiger partial charge in [-0.15, -0.1) is 0 Å². The van der Waals surface area contributed by atoms with Crippen molar-refractivity contribution in [2.24, 2.45) is 0 Å². The van der Waals surface area contributed by atoms with Crippen molar-refractivity contribution in [1.82, 2.24) is 14.9 Å². The van der Waals surface area contributed by atoms with Gasteiger partial charge in [0.05, 0.1) is 0 Å². The molecule has 1 N–H and O–H groups in total. The van der Waals surface area contributed by atoms with Crippen molar-refractivity contribution >= 4 is 11.6 Å². The molecule has 0 saturated carbocycles. The number of aromatic nitrogens is 2. The first-order chi connectivity index (χ1) is 8.67. The fourth-order valence-corrected chi connectivity index (χ4v) is 1.81. The van der Waals surface area contributed by atoms with E-state index in [1.54, 1.807) is 6.33 Å². The lowest BCUT2D eigenvalue weighted by Gasteiger charge is -2.23. The second-order valence-corrected chi connectivity index (χ2v) is 4.53. The fraction of sp³-hybridized carbons (Fsp3) is 0.692. The van der Waals surface area contributed by atoms with E-state index in [-0.39, 0.29) is 0 Å². The van der Waals surface area contributed by atoms with Gasteiger partial charge in [0.25, 0.3) is 0 Å². The molecule has 18 heavy (non-hydrogen) atoms. The number of nitrogens with zero attached hydrogens (tertiary/aromatic N) is 4. The minimum absolute atomic E-state index is 0.878. The zero-order chi connectivity index (χ0) is 13.4. The van der Waals surface area contributed by atoms with E-state index in [4.69, 9.17) is 0 Å². The smallest absolute Gasteiger partial charge is 0.134 e. The van der Waals surface area contributed by atoms with Crippen LogP contribution in [0, 0.1) is 0 Å². The molecule has 0 atom stereocenters. The molecule has 102 valence electrons. The van der Waals surface area contributed by atoms with E-state index in [2.05, 4.69) is 53.0 Å². The molecule has 0 aliphatic heterocycles. The van der Waals surface area contributed by atoms with Crippen LogP contribution < -0.4 is 10.2 Å². The van der Waals surface area contributed by atoms with Crippen molar-refractivity contribution in [2.75, 3.05) is 50.5 Å². The molecule has 0 radical (unpaired) electrons. The summed E-state index contributed by atoms with van der Waals surface area (Å²) in [7, 11) is 4.20. The largest absolute Gasteiger partial charge is 0.370 e. The number of anilines is 2. The monoisotopic (exact) mass is 251 g/mol. The second kappa shape index (κ2) is 7.87. The van der Waals surface area contributed by atoms with Crippen LogP contribution in [0.5, 0.6) is 0 Å². The molecule has 1 aromatic heterocycles. The summed E-state index contributed by atoms with van der Waals surface area (Å²) in [4.78, 5) is 13.0. The second-order valence-electron chi connectivity index (χ2n) is 4.53. The zero-order valence-corrected chi connectivity index (χ0v) is 12.0. The van der Waals surface area contributed by atoms with Crippen molar-refractivity contribution in [3.63, 3.8) is 0 Å². The van der Waals surface area contributed by atoms with Gasteiger partial charge < -0.3 is 15.1 Å². The molecular formula is C13H25N5. The Morgan fingerprint density at radius 3 is 2.56 bits per heavy atom. The van der Waals surface area contributed by atoms with Crippen LogP contribution in [0.1, 0.15) is 20.3 Å². The van der Waals surface area contributed by atoms with Crippen LogP contribution in [0.15, 0.2) is 12.4 Å². The SMILES string of the molecule is CCNc1cc(N(CC)CCCN(C)C)ncn1. The molecule has 0 aromatic carbocycles. The van der Waals surface area contributed by atoms with Crippen molar-refractivity contribution in [2.45, 2.75) is 20.3 Å².